The van der Waals surface area contributed by atoms with E-state index in [4.69, 9.17) is 16.7 Å². The molecule has 19 heavy (non-hydrogen) atoms. The van der Waals surface area contributed by atoms with Gasteiger partial charge in [-0.15, -0.1) is 0 Å². The van der Waals surface area contributed by atoms with Gasteiger partial charge in [0.2, 0.25) is 10.0 Å². The first-order valence-corrected chi connectivity index (χ1v) is 6.92. The zero-order valence-corrected chi connectivity index (χ0v) is 11.1. The molecule has 9 heteroatoms. The van der Waals surface area contributed by atoms with Crippen molar-refractivity contribution in [2.45, 2.75) is 11.1 Å². The van der Waals surface area contributed by atoms with Crippen LogP contribution in [0.1, 0.15) is 0 Å². The number of alkyl halides is 3. The van der Waals surface area contributed by atoms with Crippen LogP contribution in [0.5, 0.6) is 0 Å². The zero-order chi connectivity index (χ0) is 14.7. The van der Waals surface area contributed by atoms with Gasteiger partial charge in [0, 0.05) is 6.54 Å². The molecule has 1 aromatic carbocycles. The minimum absolute atomic E-state index is 0.147. The normalized spacial score (nSPS) is 12.9. The number of sulfonamides is 1. The molecule has 0 amide bonds. The molecule has 0 aliphatic heterocycles. The summed E-state index contributed by atoms with van der Waals surface area (Å²) in [6, 6.07) is 5.18. The molecular weight excluding hydrogens is 307 g/mol. The van der Waals surface area contributed by atoms with Crippen LogP contribution in [-0.4, -0.2) is 43.7 Å². The van der Waals surface area contributed by atoms with E-state index in [0.717, 1.165) is 6.07 Å². The fourth-order valence-electron chi connectivity index (χ4n) is 1.39. The van der Waals surface area contributed by atoms with E-state index in [1.54, 1.807) is 0 Å². The minimum atomic E-state index is -4.70. The number of benzene rings is 1. The lowest BCUT2D eigenvalue weighted by atomic mass is 10.4. The van der Waals surface area contributed by atoms with Crippen LogP contribution >= 0.6 is 11.6 Å². The third kappa shape index (κ3) is 4.34. The average Bonchev–Trinajstić information content (AvgIpc) is 2.27. The van der Waals surface area contributed by atoms with Crippen molar-refractivity contribution in [3.63, 3.8) is 0 Å². The first kappa shape index (κ1) is 16.2. The van der Waals surface area contributed by atoms with E-state index >= 15 is 0 Å². The van der Waals surface area contributed by atoms with Gasteiger partial charge in [-0.3, -0.25) is 0 Å². The predicted molar refractivity (Wildman–Crippen MR) is 63.4 cm³/mol. The van der Waals surface area contributed by atoms with E-state index in [9.17, 15) is 21.6 Å². The number of aliphatic hydroxyl groups excluding tert-OH is 1. The molecule has 4 nitrogen and oxygen atoms in total. The van der Waals surface area contributed by atoms with Crippen LogP contribution in [0.2, 0.25) is 5.02 Å². The van der Waals surface area contributed by atoms with Crippen LogP contribution in [-0.2, 0) is 10.0 Å². The van der Waals surface area contributed by atoms with Crippen LogP contribution < -0.4 is 0 Å². The van der Waals surface area contributed by atoms with Gasteiger partial charge < -0.3 is 5.11 Å². The summed E-state index contributed by atoms with van der Waals surface area (Å²) < 4.78 is 61.3. The highest BCUT2D eigenvalue weighted by Crippen LogP contribution is 2.26. The first-order chi connectivity index (χ1) is 8.68. The molecular formula is C10H11ClF3NO3S. The van der Waals surface area contributed by atoms with E-state index < -0.39 is 40.8 Å². The van der Waals surface area contributed by atoms with Crippen LogP contribution in [0.3, 0.4) is 0 Å². The van der Waals surface area contributed by atoms with E-state index in [1.807, 2.05) is 0 Å². The fraction of sp³-hybridized carbons (Fsp3) is 0.400. The Morgan fingerprint density at radius 1 is 1.26 bits per heavy atom. The molecule has 0 saturated heterocycles. The second-order valence-electron chi connectivity index (χ2n) is 3.61. The molecule has 0 aliphatic carbocycles. The fourth-order valence-corrected chi connectivity index (χ4v) is 3.30. The largest absolute Gasteiger partial charge is 0.402 e. The topological polar surface area (TPSA) is 57.6 Å². The van der Waals surface area contributed by atoms with Gasteiger partial charge in [0.05, 0.1) is 11.6 Å². The highest BCUT2D eigenvalue weighted by molar-refractivity contribution is 7.89. The molecule has 0 bridgehead atoms. The zero-order valence-electron chi connectivity index (χ0n) is 9.56. The number of halogens is 4. The Bertz CT molecular complexity index is 533. The monoisotopic (exact) mass is 317 g/mol. The molecule has 1 rings (SSSR count). The lowest BCUT2D eigenvalue weighted by Gasteiger charge is -2.22. The van der Waals surface area contributed by atoms with E-state index in [1.165, 1.54) is 18.2 Å². The number of rotatable bonds is 5. The second-order valence-corrected chi connectivity index (χ2v) is 5.92. The molecule has 0 unspecified atom stereocenters. The van der Waals surface area contributed by atoms with E-state index in [0.29, 0.717) is 0 Å². The summed E-state index contributed by atoms with van der Waals surface area (Å²) in [6.45, 7) is -3.06. The molecule has 1 aromatic rings. The Kier molecular flexibility index (Phi) is 5.19. The van der Waals surface area contributed by atoms with Crippen molar-refractivity contribution in [1.82, 2.24) is 4.31 Å². The SMILES string of the molecule is O=S(=O)(c1ccccc1Cl)N(CCO)CC(F)(F)F. The summed E-state index contributed by atoms with van der Waals surface area (Å²) in [5.74, 6) is 0. The van der Waals surface area contributed by atoms with Gasteiger partial charge in [-0.1, -0.05) is 23.7 Å². The maximum Gasteiger partial charge on any atom is 0.402 e. The Labute approximate surface area is 113 Å². The van der Waals surface area contributed by atoms with Crippen molar-refractivity contribution in [2.24, 2.45) is 0 Å². The molecule has 1 N–H and O–H groups in total. The van der Waals surface area contributed by atoms with Crippen LogP contribution in [0.25, 0.3) is 0 Å². The summed E-state index contributed by atoms with van der Waals surface area (Å²) in [6.07, 6.45) is -4.70. The van der Waals surface area contributed by atoms with Gasteiger partial charge >= 0.3 is 6.18 Å². The van der Waals surface area contributed by atoms with Gasteiger partial charge in [0.1, 0.15) is 11.4 Å². The standard InChI is InChI=1S/C10H11ClF3NO3S/c11-8-3-1-2-4-9(8)19(17,18)15(5-6-16)7-10(12,13)14/h1-4,16H,5-7H2. The Balaban J connectivity index is 3.17. The van der Waals surface area contributed by atoms with Crippen molar-refractivity contribution >= 4 is 21.6 Å². The van der Waals surface area contributed by atoms with Gasteiger partial charge in [0.15, 0.2) is 0 Å². The van der Waals surface area contributed by atoms with E-state index in [2.05, 4.69) is 0 Å². The predicted octanol–water partition coefficient (Wildman–Crippen LogP) is 1.89. The van der Waals surface area contributed by atoms with Gasteiger partial charge in [-0.25, -0.2) is 8.42 Å². The van der Waals surface area contributed by atoms with Crippen molar-refractivity contribution in [3.8, 4) is 0 Å². The molecule has 0 aromatic heterocycles. The maximum absolute atomic E-state index is 12.4. The quantitative estimate of drug-likeness (QED) is 0.902. The van der Waals surface area contributed by atoms with Crippen molar-refractivity contribution in [3.05, 3.63) is 29.3 Å². The number of aliphatic hydroxyl groups is 1. The maximum atomic E-state index is 12.4. The lowest BCUT2D eigenvalue weighted by Crippen LogP contribution is -2.40. The number of nitrogens with zero attached hydrogens (tertiary/aromatic N) is 1. The van der Waals surface area contributed by atoms with Gasteiger partial charge in [0.25, 0.3) is 0 Å². The molecule has 0 heterocycles. The molecule has 0 saturated carbocycles. The highest BCUT2D eigenvalue weighted by atomic mass is 35.5. The van der Waals surface area contributed by atoms with Gasteiger partial charge in [-0.05, 0) is 12.1 Å². The van der Waals surface area contributed by atoms with Crippen molar-refractivity contribution in [2.75, 3.05) is 19.7 Å². The molecule has 0 radical (unpaired) electrons. The summed E-state index contributed by atoms with van der Waals surface area (Å²) in [5.41, 5.74) is 0. The minimum Gasteiger partial charge on any atom is -0.395 e. The van der Waals surface area contributed by atoms with Crippen molar-refractivity contribution < 1.29 is 26.7 Å². The molecule has 0 atom stereocenters. The Morgan fingerprint density at radius 2 is 1.84 bits per heavy atom. The number of hydrogen-bond donors (Lipinski definition) is 1. The smallest absolute Gasteiger partial charge is 0.395 e. The molecule has 108 valence electrons. The van der Waals surface area contributed by atoms with E-state index in [-0.39, 0.29) is 9.33 Å². The average molecular weight is 318 g/mol. The third-order valence-electron chi connectivity index (χ3n) is 2.16. The molecule has 0 spiro atoms. The van der Waals surface area contributed by atoms with Gasteiger partial charge in [-0.2, -0.15) is 17.5 Å². The lowest BCUT2D eigenvalue weighted by molar-refractivity contribution is -0.136. The summed E-state index contributed by atoms with van der Waals surface area (Å²) in [5, 5.41) is 8.53. The van der Waals surface area contributed by atoms with Crippen LogP contribution in [0, 0.1) is 0 Å². The third-order valence-corrected chi connectivity index (χ3v) is 4.50. The van der Waals surface area contributed by atoms with Crippen LogP contribution in [0.4, 0.5) is 13.2 Å². The molecule has 0 aliphatic rings. The highest BCUT2D eigenvalue weighted by Gasteiger charge is 2.37. The summed E-state index contributed by atoms with van der Waals surface area (Å²) in [4.78, 5) is -0.422. The second kappa shape index (κ2) is 6.08. The van der Waals surface area contributed by atoms with Crippen LogP contribution in [0.15, 0.2) is 29.2 Å². The Morgan fingerprint density at radius 3 is 2.32 bits per heavy atom. The first-order valence-electron chi connectivity index (χ1n) is 5.11. The summed E-state index contributed by atoms with van der Waals surface area (Å²) >= 11 is 5.67. The van der Waals surface area contributed by atoms with Crippen molar-refractivity contribution in [1.29, 1.82) is 0 Å². The Hall–Kier alpha value is -0.830. The molecule has 0 fully saturated rings. The number of hydrogen-bond acceptors (Lipinski definition) is 3. The summed E-state index contributed by atoms with van der Waals surface area (Å²) in [7, 11) is -4.41.